The summed E-state index contributed by atoms with van der Waals surface area (Å²) in [6.45, 7) is 15.7. The lowest BCUT2D eigenvalue weighted by molar-refractivity contribution is 0.252. The minimum absolute atomic E-state index is 0.0973. The fourth-order valence-corrected chi connectivity index (χ4v) is 4.14. The van der Waals surface area contributed by atoms with Gasteiger partial charge in [0.25, 0.3) is 0 Å². The predicted molar refractivity (Wildman–Crippen MR) is 95.9 cm³/mol. The van der Waals surface area contributed by atoms with Crippen LogP contribution in [0.5, 0.6) is 0 Å². The molecule has 2 rings (SSSR count). The summed E-state index contributed by atoms with van der Waals surface area (Å²) in [5.41, 5.74) is 2.80. The molecule has 0 saturated carbocycles. The zero-order valence-corrected chi connectivity index (χ0v) is 15.5. The van der Waals surface area contributed by atoms with Crippen LogP contribution < -0.4 is 10.6 Å². The smallest absolute Gasteiger partial charge is 0.0442 e. The molecule has 2 aliphatic rings. The van der Waals surface area contributed by atoms with Gasteiger partial charge in [0.15, 0.2) is 0 Å². The van der Waals surface area contributed by atoms with Crippen molar-refractivity contribution in [3.63, 3.8) is 0 Å². The quantitative estimate of drug-likeness (QED) is 0.765. The first-order chi connectivity index (χ1) is 10.0. The molecule has 0 bridgehead atoms. The maximum Gasteiger partial charge on any atom is 0.0442 e. The molecule has 2 heterocycles. The molecule has 2 N–H and O–H groups in total. The van der Waals surface area contributed by atoms with Gasteiger partial charge in [0, 0.05) is 59.8 Å². The van der Waals surface area contributed by atoms with Crippen molar-refractivity contribution in [1.82, 2.24) is 10.6 Å². The molecule has 2 saturated heterocycles. The van der Waals surface area contributed by atoms with E-state index in [2.05, 4.69) is 69.3 Å². The van der Waals surface area contributed by atoms with E-state index in [1.807, 2.05) is 0 Å². The number of hydrogen-bond donors (Lipinski definition) is 2. The Hall–Kier alpha value is -0.740. The van der Waals surface area contributed by atoms with E-state index in [0.29, 0.717) is 6.04 Å². The highest BCUT2D eigenvalue weighted by molar-refractivity contribution is 5.90. The van der Waals surface area contributed by atoms with E-state index in [1.54, 1.807) is 0 Å². The summed E-state index contributed by atoms with van der Waals surface area (Å²) in [6.07, 6.45) is 5.12. The molecule has 1 atom stereocenters. The second-order valence-electron chi connectivity index (χ2n) is 9.09. The second-order valence-corrected chi connectivity index (χ2v) is 9.09. The summed E-state index contributed by atoms with van der Waals surface area (Å²) in [5.74, 6) is 0. The van der Waals surface area contributed by atoms with Gasteiger partial charge in [-0.05, 0) is 48.0 Å². The summed E-state index contributed by atoms with van der Waals surface area (Å²) in [4.78, 5) is 0. The van der Waals surface area contributed by atoms with Crippen molar-refractivity contribution in [3.8, 4) is 0 Å². The summed E-state index contributed by atoms with van der Waals surface area (Å²) in [6, 6.07) is 0.531. The van der Waals surface area contributed by atoms with Crippen molar-refractivity contribution in [2.45, 2.75) is 103 Å². The molecular weight excluding hydrogens is 272 g/mol. The van der Waals surface area contributed by atoms with Gasteiger partial charge in [0.2, 0.25) is 0 Å². The second kappa shape index (κ2) is 6.04. The summed E-state index contributed by atoms with van der Waals surface area (Å²) in [7, 11) is 0. The lowest BCUT2D eigenvalue weighted by atomic mass is 9.81. The number of nitrogens with zero attached hydrogens (tertiary/aromatic N) is 2. The zero-order valence-electron chi connectivity index (χ0n) is 15.5. The standard InChI is InChI=1S/C18H34N4/c1-8-13-9-14(10-16(2,3)19-13)20-21-15-11-17(4,5)22-18(6,7)12-15/h13,19,22H,8-12H2,1-7H3/b20-14+. The first-order valence-corrected chi connectivity index (χ1v) is 8.68. The normalized spacial score (nSPS) is 32.0. The van der Waals surface area contributed by atoms with Gasteiger partial charge in [-0.15, -0.1) is 0 Å². The van der Waals surface area contributed by atoms with Crippen molar-refractivity contribution in [2.75, 3.05) is 0 Å². The van der Waals surface area contributed by atoms with Crippen LogP contribution in [0.3, 0.4) is 0 Å². The summed E-state index contributed by atoms with van der Waals surface area (Å²) in [5, 5.41) is 16.7. The molecule has 0 aromatic carbocycles. The van der Waals surface area contributed by atoms with Gasteiger partial charge in [0.05, 0.1) is 0 Å². The molecule has 0 aliphatic carbocycles. The molecule has 0 radical (unpaired) electrons. The Morgan fingerprint density at radius 2 is 1.36 bits per heavy atom. The zero-order chi connectivity index (χ0) is 16.6. The topological polar surface area (TPSA) is 48.8 Å². The molecule has 0 amide bonds. The molecule has 4 heteroatoms. The molecule has 0 aromatic heterocycles. The Balaban J connectivity index is 2.14. The number of hydrogen-bond acceptors (Lipinski definition) is 4. The average molecular weight is 306 g/mol. The third-order valence-corrected chi connectivity index (χ3v) is 4.52. The van der Waals surface area contributed by atoms with E-state index in [0.717, 1.165) is 32.1 Å². The summed E-state index contributed by atoms with van der Waals surface area (Å²) < 4.78 is 0. The van der Waals surface area contributed by atoms with Crippen LogP contribution in [0, 0.1) is 0 Å². The van der Waals surface area contributed by atoms with Crippen LogP contribution in [-0.2, 0) is 0 Å². The molecule has 0 spiro atoms. The van der Waals surface area contributed by atoms with Crippen LogP contribution in [0.1, 0.15) is 80.6 Å². The molecule has 126 valence electrons. The largest absolute Gasteiger partial charge is 0.308 e. The van der Waals surface area contributed by atoms with E-state index >= 15 is 0 Å². The Labute approximate surface area is 136 Å². The number of piperidine rings is 2. The van der Waals surface area contributed by atoms with Crippen LogP contribution in [-0.4, -0.2) is 34.1 Å². The van der Waals surface area contributed by atoms with Crippen molar-refractivity contribution >= 4 is 11.4 Å². The molecule has 1 unspecified atom stereocenters. The highest BCUT2D eigenvalue weighted by Gasteiger charge is 2.36. The first-order valence-electron chi connectivity index (χ1n) is 8.68. The summed E-state index contributed by atoms with van der Waals surface area (Å²) >= 11 is 0. The van der Waals surface area contributed by atoms with E-state index in [4.69, 9.17) is 0 Å². The predicted octanol–water partition coefficient (Wildman–Crippen LogP) is 3.66. The van der Waals surface area contributed by atoms with Gasteiger partial charge < -0.3 is 10.6 Å². The van der Waals surface area contributed by atoms with Gasteiger partial charge in [-0.2, -0.15) is 10.2 Å². The SMILES string of the molecule is CCC1C/C(=N\N=C2CC(C)(C)NC(C)(C)C2)CC(C)(C)N1. The lowest BCUT2D eigenvalue weighted by Crippen LogP contribution is -2.58. The highest BCUT2D eigenvalue weighted by Crippen LogP contribution is 2.27. The van der Waals surface area contributed by atoms with E-state index in [9.17, 15) is 0 Å². The highest BCUT2D eigenvalue weighted by atomic mass is 15.2. The van der Waals surface area contributed by atoms with E-state index in [1.165, 1.54) is 11.4 Å². The van der Waals surface area contributed by atoms with Gasteiger partial charge >= 0.3 is 0 Å². The minimum Gasteiger partial charge on any atom is -0.308 e. The van der Waals surface area contributed by atoms with Crippen LogP contribution >= 0.6 is 0 Å². The molecule has 0 aromatic rings. The Bertz CT molecular complexity index is 453. The number of nitrogens with one attached hydrogen (secondary N) is 2. The van der Waals surface area contributed by atoms with Crippen molar-refractivity contribution in [2.24, 2.45) is 10.2 Å². The monoisotopic (exact) mass is 306 g/mol. The van der Waals surface area contributed by atoms with Crippen LogP contribution in [0.25, 0.3) is 0 Å². The van der Waals surface area contributed by atoms with Gasteiger partial charge in [-0.3, -0.25) is 0 Å². The van der Waals surface area contributed by atoms with E-state index in [-0.39, 0.29) is 16.6 Å². The molecule has 4 nitrogen and oxygen atoms in total. The Kier molecular flexibility index (Phi) is 4.84. The van der Waals surface area contributed by atoms with Crippen molar-refractivity contribution in [1.29, 1.82) is 0 Å². The lowest BCUT2D eigenvalue weighted by Gasteiger charge is -2.43. The third kappa shape index (κ3) is 4.88. The van der Waals surface area contributed by atoms with Crippen LogP contribution in [0.2, 0.25) is 0 Å². The van der Waals surface area contributed by atoms with Crippen LogP contribution in [0.15, 0.2) is 10.2 Å². The maximum absolute atomic E-state index is 4.67. The Morgan fingerprint density at radius 3 is 1.91 bits per heavy atom. The van der Waals surface area contributed by atoms with Gasteiger partial charge in [0.1, 0.15) is 0 Å². The van der Waals surface area contributed by atoms with Crippen LogP contribution in [0.4, 0.5) is 0 Å². The van der Waals surface area contributed by atoms with Gasteiger partial charge in [-0.25, -0.2) is 0 Å². The van der Waals surface area contributed by atoms with E-state index < -0.39 is 0 Å². The molecule has 2 fully saturated rings. The molecular formula is C18H34N4. The maximum atomic E-state index is 4.67. The fourth-order valence-electron chi connectivity index (χ4n) is 4.14. The first kappa shape index (κ1) is 17.6. The van der Waals surface area contributed by atoms with Crippen molar-refractivity contribution in [3.05, 3.63) is 0 Å². The number of rotatable bonds is 2. The van der Waals surface area contributed by atoms with Gasteiger partial charge in [-0.1, -0.05) is 6.92 Å². The molecule has 2 aliphatic heterocycles. The third-order valence-electron chi connectivity index (χ3n) is 4.52. The fraction of sp³-hybridized carbons (Fsp3) is 0.889. The molecule has 22 heavy (non-hydrogen) atoms. The van der Waals surface area contributed by atoms with Crippen molar-refractivity contribution < 1.29 is 0 Å². The average Bonchev–Trinajstić information content (AvgIpc) is 2.30. The Morgan fingerprint density at radius 1 is 0.864 bits per heavy atom. The minimum atomic E-state index is 0.0973.